The van der Waals surface area contributed by atoms with E-state index in [0.29, 0.717) is 12.0 Å². The van der Waals surface area contributed by atoms with Crippen molar-refractivity contribution in [3.63, 3.8) is 0 Å². The molecule has 1 saturated heterocycles. The number of piperidine rings is 1. The van der Waals surface area contributed by atoms with E-state index in [1.807, 2.05) is 12.1 Å². The highest BCUT2D eigenvalue weighted by Gasteiger charge is 2.21. The number of methoxy groups -OCH3 is 1. The Kier molecular flexibility index (Phi) is 11.1. The zero-order valence-corrected chi connectivity index (χ0v) is 19.9. The molecule has 0 aromatic heterocycles. The number of nitrogens with one attached hydrogen (secondary N) is 1. The maximum Gasteiger partial charge on any atom is 0.193 e. The molecule has 1 aromatic rings. The zero-order valence-electron chi connectivity index (χ0n) is 17.6. The lowest BCUT2D eigenvalue weighted by Gasteiger charge is -2.35. The van der Waals surface area contributed by atoms with Gasteiger partial charge < -0.3 is 19.9 Å². The van der Waals surface area contributed by atoms with E-state index in [4.69, 9.17) is 9.73 Å². The van der Waals surface area contributed by atoms with Crippen molar-refractivity contribution in [2.45, 2.75) is 46.2 Å². The SMILES string of the molecule is CCNC(=NCC1CCCN(C(C)C)C1)N(C)Cc1ccc(OC)cc1.I. The Balaban J connectivity index is 0.00000364. The van der Waals surface area contributed by atoms with E-state index in [1.165, 1.54) is 31.5 Å². The van der Waals surface area contributed by atoms with E-state index in [9.17, 15) is 0 Å². The first-order valence-corrected chi connectivity index (χ1v) is 9.89. The smallest absolute Gasteiger partial charge is 0.193 e. The summed E-state index contributed by atoms with van der Waals surface area (Å²) in [5, 5.41) is 3.44. The number of aliphatic imine (C=N–C) groups is 1. The van der Waals surface area contributed by atoms with E-state index in [-0.39, 0.29) is 24.0 Å². The Morgan fingerprint density at radius 2 is 2.04 bits per heavy atom. The molecule has 1 aromatic carbocycles. The first kappa shape index (κ1) is 24.0. The Labute approximate surface area is 182 Å². The van der Waals surface area contributed by atoms with E-state index < -0.39 is 0 Å². The van der Waals surface area contributed by atoms with Gasteiger partial charge in [0.15, 0.2) is 5.96 Å². The van der Waals surface area contributed by atoms with Crippen molar-refractivity contribution in [2.24, 2.45) is 10.9 Å². The Bertz CT molecular complexity index is 562. The molecule has 1 atom stereocenters. The highest BCUT2D eigenvalue weighted by atomic mass is 127. The van der Waals surface area contributed by atoms with Crippen LogP contribution in [-0.4, -0.2) is 62.1 Å². The molecule has 154 valence electrons. The number of likely N-dealkylation sites (tertiary alicyclic amines) is 1. The minimum absolute atomic E-state index is 0. The molecule has 27 heavy (non-hydrogen) atoms. The molecule has 1 heterocycles. The fourth-order valence-electron chi connectivity index (χ4n) is 3.48. The van der Waals surface area contributed by atoms with Crippen molar-refractivity contribution in [1.29, 1.82) is 0 Å². The van der Waals surface area contributed by atoms with E-state index >= 15 is 0 Å². The summed E-state index contributed by atoms with van der Waals surface area (Å²) in [6, 6.07) is 8.87. The number of hydrogen-bond donors (Lipinski definition) is 1. The number of guanidine groups is 1. The summed E-state index contributed by atoms with van der Waals surface area (Å²) in [4.78, 5) is 9.72. The third-order valence-electron chi connectivity index (χ3n) is 5.06. The number of halogens is 1. The quantitative estimate of drug-likeness (QED) is 0.360. The van der Waals surface area contributed by atoms with Crippen molar-refractivity contribution < 1.29 is 4.74 Å². The van der Waals surface area contributed by atoms with Gasteiger partial charge in [-0.15, -0.1) is 24.0 Å². The van der Waals surface area contributed by atoms with Gasteiger partial charge in [-0.3, -0.25) is 4.99 Å². The Morgan fingerprint density at radius 1 is 1.33 bits per heavy atom. The second-order valence-electron chi connectivity index (χ2n) is 7.50. The molecule has 0 saturated carbocycles. The fraction of sp³-hybridized carbons (Fsp3) is 0.667. The van der Waals surface area contributed by atoms with Gasteiger partial charge >= 0.3 is 0 Å². The minimum atomic E-state index is 0. The van der Waals surface area contributed by atoms with E-state index in [1.54, 1.807) is 7.11 Å². The Morgan fingerprint density at radius 3 is 2.63 bits per heavy atom. The van der Waals surface area contributed by atoms with E-state index in [2.05, 4.69) is 55.1 Å². The van der Waals surface area contributed by atoms with Gasteiger partial charge in [-0.2, -0.15) is 0 Å². The van der Waals surface area contributed by atoms with Gasteiger partial charge in [0, 0.05) is 39.3 Å². The topological polar surface area (TPSA) is 40.1 Å². The summed E-state index contributed by atoms with van der Waals surface area (Å²) < 4.78 is 5.24. The number of benzene rings is 1. The molecule has 2 rings (SSSR count). The fourth-order valence-corrected chi connectivity index (χ4v) is 3.48. The monoisotopic (exact) mass is 488 g/mol. The van der Waals surface area contributed by atoms with Crippen LogP contribution in [-0.2, 0) is 6.54 Å². The largest absolute Gasteiger partial charge is 0.497 e. The second kappa shape index (κ2) is 12.4. The van der Waals surface area contributed by atoms with Crippen molar-refractivity contribution in [3.8, 4) is 5.75 Å². The summed E-state index contributed by atoms with van der Waals surface area (Å²) in [7, 11) is 3.80. The zero-order chi connectivity index (χ0) is 18.9. The second-order valence-corrected chi connectivity index (χ2v) is 7.50. The van der Waals surface area contributed by atoms with Crippen LogP contribution < -0.4 is 10.1 Å². The molecule has 6 heteroatoms. The molecule has 0 amide bonds. The minimum Gasteiger partial charge on any atom is -0.497 e. The molecule has 1 N–H and O–H groups in total. The van der Waals surface area contributed by atoms with Gasteiger partial charge in [0.05, 0.1) is 7.11 Å². The number of hydrogen-bond acceptors (Lipinski definition) is 3. The molecule has 1 aliphatic rings. The highest BCUT2D eigenvalue weighted by molar-refractivity contribution is 14.0. The van der Waals surface area contributed by atoms with E-state index in [0.717, 1.165) is 31.3 Å². The van der Waals surface area contributed by atoms with Crippen molar-refractivity contribution in [2.75, 3.05) is 40.3 Å². The lowest BCUT2D eigenvalue weighted by molar-refractivity contribution is 0.143. The normalized spacial score (nSPS) is 18.1. The van der Waals surface area contributed by atoms with Crippen LogP contribution in [0.25, 0.3) is 0 Å². The van der Waals surface area contributed by atoms with Crippen LogP contribution in [0.2, 0.25) is 0 Å². The first-order chi connectivity index (χ1) is 12.5. The van der Waals surface area contributed by atoms with Crippen molar-refractivity contribution in [1.82, 2.24) is 15.1 Å². The number of ether oxygens (including phenoxy) is 1. The van der Waals surface area contributed by atoms with Crippen LogP contribution in [0.1, 0.15) is 39.2 Å². The van der Waals surface area contributed by atoms with Gasteiger partial charge in [-0.1, -0.05) is 12.1 Å². The first-order valence-electron chi connectivity index (χ1n) is 9.89. The molecule has 0 bridgehead atoms. The lowest BCUT2D eigenvalue weighted by Crippen LogP contribution is -2.42. The summed E-state index contributed by atoms with van der Waals surface area (Å²) in [5.74, 6) is 2.54. The summed E-state index contributed by atoms with van der Waals surface area (Å²) in [6.07, 6.45) is 2.57. The summed E-state index contributed by atoms with van der Waals surface area (Å²) in [5.41, 5.74) is 1.25. The molecule has 5 nitrogen and oxygen atoms in total. The third kappa shape index (κ3) is 7.86. The predicted octanol–water partition coefficient (Wildman–Crippen LogP) is 3.83. The van der Waals surface area contributed by atoms with Gasteiger partial charge in [-0.25, -0.2) is 0 Å². The molecule has 0 spiro atoms. The number of nitrogens with zero attached hydrogens (tertiary/aromatic N) is 3. The Hall–Kier alpha value is -1.02. The van der Waals surface area contributed by atoms with Crippen LogP contribution in [0.4, 0.5) is 0 Å². The average Bonchev–Trinajstić information content (AvgIpc) is 2.65. The molecule has 0 aliphatic carbocycles. The molecular formula is C21H37IN4O. The molecule has 1 aliphatic heterocycles. The van der Waals surface area contributed by atoms with Crippen LogP contribution >= 0.6 is 24.0 Å². The predicted molar refractivity (Wildman–Crippen MR) is 125 cm³/mol. The third-order valence-corrected chi connectivity index (χ3v) is 5.06. The summed E-state index contributed by atoms with van der Waals surface area (Å²) in [6.45, 7) is 11.7. The van der Waals surface area contributed by atoms with Gasteiger partial charge in [0.2, 0.25) is 0 Å². The van der Waals surface area contributed by atoms with Crippen LogP contribution in [0.15, 0.2) is 29.3 Å². The van der Waals surface area contributed by atoms with Gasteiger partial charge in [0.25, 0.3) is 0 Å². The van der Waals surface area contributed by atoms with Gasteiger partial charge in [-0.05, 0) is 63.8 Å². The molecular weight excluding hydrogens is 451 g/mol. The van der Waals surface area contributed by atoms with Crippen LogP contribution in [0.3, 0.4) is 0 Å². The van der Waals surface area contributed by atoms with Crippen molar-refractivity contribution >= 4 is 29.9 Å². The average molecular weight is 488 g/mol. The molecule has 1 fully saturated rings. The van der Waals surface area contributed by atoms with Crippen LogP contribution in [0, 0.1) is 5.92 Å². The maximum absolute atomic E-state index is 5.24. The van der Waals surface area contributed by atoms with Crippen LogP contribution in [0.5, 0.6) is 5.75 Å². The molecule has 0 radical (unpaired) electrons. The number of rotatable bonds is 7. The van der Waals surface area contributed by atoms with Crippen molar-refractivity contribution in [3.05, 3.63) is 29.8 Å². The maximum atomic E-state index is 5.24. The summed E-state index contributed by atoms with van der Waals surface area (Å²) >= 11 is 0. The highest BCUT2D eigenvalue weighted by Crippen LogP contribution is 2.19. The standard InChI is InChI=1S/C21H36N4O.HI/c1-6-22-21(23-14-19-8-7-13-25(16-19)17(2)3)24(4)15-18-9-11-20(26-5)12-10-18;/h9-12,17,19H,6-8,13-16H2,1-5H3,(H,22,23);1H. The van der Waals surface area contributed by atoms with Gasteiger partial charge in [0.1, 0.15) is 5.75 Å². The lowest BCUT2D eigenvalue weighted by atomic mass is 9.97. The molecule has 1 unspecified atom stereocenters.